The van der Waals surface area contributed by atoms with Crippen LogP contribution >= 0.6 is 0 Å². The molecule has 124 valence electrons. The average Bonchev–Trinajstić information content (AvgIpc) is 3.35. The first-order valence-corrected chi connectivity index (χ1v) is 8.01. The lowest BCUT2D eigenvalue weighted by atomic mass is 10.0. The van der Waals surface area contributed by atoms with Crippen molar-refractivity contribution < 1.29 is 18.7 Å². The Morgan fingerprint density at radius 2 is 2.08 bits per heavy atom. The fourth-order valence-corrected chi connectivity index (χ4v) is 2.46. The average molecular weight is 324 g/mol. The van der Waals surface area contributed by atoms with E-state index in [9.17, 15) is 4.79 Å². The van der Waals surface area contributed by atoms with Crippen molar-refractivity contribution in [1.29, 1.82) is 0 Å². The van der Waals surface area contributed by atoms with E-state index in [1.165, 1.54) is 7.11 Å². The fourth-order valence-electron chi connectivity index (χ4n) is 2.46. The third-order valence-corrected chi connectivity index (χ3v) is 3.89. The molecule has 1 aliphatic carbocycles. The van der Waals surface area contributed by atoms with E-state index in [-0.39, 0.29) is 5.92 Å². The molecule has 0 N–H and O–H groups in total. The quantitative estimate of drug-likeness (QED) is 0.447. The van der Waals surface area contributed by atoms with Gasteiger partial charge in [0.1, 0.15) is 11.5 Å². The number of rotatable bonds is 5. The second-order valence-electron chi connectivity index (χ2n) is 5.87. The minimum atomic E-state index is -0.697. The number of benzene rings is 1. The first-order valence-electron chi connectivity index (χ1n) is 8.01. The number of hydrogen-bond acceptors (Lipinski definition) is 4. The number of furan rings is 1. The minimum Gasteiger partial charge on any atom is -0.466 e. The van der Waals surface area contributed by atoms with Crippen molar-refractivity contribution in [3.05, 3.63) is 70.5 Å². The van der Waals surface area contributed by atoms with E-state index in [1.54, 1.807) is 0 Å². The smallest absolute Gasteiger partial charge is 0.466 e. The molecule has 0 radical (unpaired) electrons. The molecular formula is C20H20O4. The number of hydrogen-bond donors (Lipinski definition) is 0. The largest absolute Gasteiger partial charge is 0.513 e. The molecule has 24 heavy (non-hydrogen) atoms. The Morgan fingerprint density at radius 3 is 2.75 bits per heavy atom. The molecule has 4 heteroatoms. The van der Waals surface area contributed by atoms with Gasteiger partial charge in [0, 0.05) is 12.3 Å². The number of carbonyl (C=O) groups excluding carboxylic acids is 1. The highest BCUT2D eigenvalue weighted by atomic mass is 16.7. The molecule has 1 aliphatic rings. The molecule has 1 saturated carbocycles. The molecule has 4 nitrogen and oxygen atoms in total. The lowest BCUT2D eigenvalue weighted by Crippen LogP contribution is -2.04. The van der Waals surface area contributed by atoms with Crippen molar-refractivity contribution in [2.45, 2.75) is 26.2 Å². The maximum absolute atomic E-state index is 11.3. The molecule has 0 bridgehead atoms. The van der Waals surface area contributed by atoms with Gasteiger partial charge in [-0.1, -0.05) is 30.0 Å². The molecule has 0 unspecified atom stereocenters. The maximum atomic E-state index is 11.3. The highest BCUT2D eigenvalue weighted by molar-refractivity contribution is 5.62. The molecular weight excluding hydrogens is 304 g/mol. The number of aryl methyl sites for hydroxylation is 1. The molecule has 0 amide bonds. The Balaban J connectivity index is 1.85. The number of carbonyl (C=O) groups is 1. The van der Waals surface area contributed by atoms with E-state index in [2.05, 4.69) is 16.5 Å². The molecule has 1 fully saturated rings. The van der Waals surface area contributed by atoms with E-state index in [0.29, 0.717) is 12.2 Å². The van der Waals surface area contributed by atoms with Gasteiger partial charge < -0.3 is 13.9 Å². The molecule has 2 aromatic rings. The topological polar surface area (TPSA) is 48.7 Å². The van der Waals surface area contributed by atoms with E-state index >= 15 is 0 Å². The summed E-state index contributed by atoms with van der Waals surface area (Å²) in [4.78, 5) is 11.3. The van der Waals surface area contributed by atoms with Crippen LogP contribution in [0, 0.1) is 12.8 Å². The molecule has 0 atom stereocenters. The Bertz CT molecular complexity index is 789. The summed E-state index contributed by atoms with van der Waals surface area (Å²) in [5, 5.41) is 0. The zero-order chi connectivity index (χ0) is 16.9. The van der Waals surface area contributed by atoms with Crippen LogP contribution in [-0.4, -0.2) is 13.3 Å². The van der Waals surface area contributed by atoms with Crippen molar-refractivity contribution in [3.8, 4) is 0 Å². The predicted molar refractivity (Wildman–Crippen MR) is 90.4 cm³/mol. The SMILES string of the molecule is COC(=O)OC(=C=Cc1ccccc1Cc1ccc(C)o1)C1CC1. The van der Waals surface area contributed by atoms with E-state index in [1.807, 2.05) is 43.3 Å². The summed E-state index contributed by atoms with van der Waals surface area (Å²) in [5.74, 6) is 2.64. The highest BCUT2D eigenvalue weighted by Crippen LogP contribution is 2.36. The van der Waals surface area contributed by atoms with E-state index in [0.717, 1.165) is 35.5 Å². The first kappa shape index (κ1) is 16.2. The van der Waals surface area contributed by atoms with Crippen LogP contribution in [0.2, 0.25) is 0 Å². The third kappa shape index (κ3) is 4.18. The van der Waals surface area contributed by atoms with Crippen LogP contribution in [-0.2, 0) is 15.9 Å². The lowest BCUT2D eigenvalue weighted by Gasteiger charge is -2.05. The Labute approximate surface area is 141 Å². The van der Waals surface area contributed by atoms with Gasteiger partial charge in [0.25, 0.3) is 0 Å². The fraction of sp³-hybridized carbons (Fsp3) is 0.300. The second-order valence-corrected chi connectivity index (χ2v) is 5.87. The van der Waals surface area contributed by atoms with Crippen molar-refractivity contribution in [2.24, 2.45) is 5.92 Å². The van der Waals surface area contributed by atoms with Crippen molar-refractivity contribution in [2.75, 3.05) is 7.11 Å². The first-order chi connectivity index (χ1) is 11.7. The molecule has 1 aromatic heterocycles. The molecule has 0 aliphatic heterocycles. The normalized spacial score (nSPS) is 13.1. The number of allylic oxidation sites excluding steroid dienone is 1. The van der Waals surface area contributed by atoms with Gasteiger partial charge in [0.05, 0.1) is 7.11 Å². The van der Waals surface area contributed by atoms with Gasteiger partial charge in [-0.2, -0.15) is 0 Å². The molecule has 1 aromatic carbocycles. The summed E-state index contributed by atoms with van der Waals surface area (Å²) in [6.07, 6.45) is 3.90. The summed E-state index contributed by atoms with van der Waals surface area (Å²) in [6, 6.07) is 12.0. The van der Waals surface area contributed by atoms with Gasteiger partial charge in [0.2, 0.25) is 0 Å². The zero-order valence-electron chi connectivity index (χ0n) is 13.9. The summed E-state index contributed by atoms with van der Waals surface area (Å²) in [7, 11) is 1.30. The number of ether oxygens (including phenoxy) is 2. The van der Waals surface area contributed by atoms with Crippen LogP contribution in [0.3, 0.4) is 0 Å². The lowest BCUT2D eigenvalue weighted by molar-refractivity contribution is 0.0937. The van der Waals surface area contributed by atoms with Gasteiger partial charge in [-0.25, -0.2) is 4.79 Å². The summed E-state index contributed by atoms with van der Waals surface area (Å²) >= 11 is 0. The summed E-state index contributed by atoms with van der Waals surface area (Å²) < 4.78 is 15.4. The van der Waals surface area contributed by atoms with Crippen LogP contribution in [0.5, 0.6) is 0 Å². The Kier molecular flexibility index (Phi) is 4.88. The molecule has 3 rings (SSSR count). The van der Waals surface area contributed by atoms with E-state index in [4.69, 9.17) is 9.15 Å². The standard InChI is InChI=1S/C20H20O4/c1-14-7-11-18(23-14)13-17-6-4-3-5-15(17)10-12-19(16-8-9-16)24-20(21)22-2/h3-7,10-11,16H,8-9,13H2,1-2H3. The Morgan fingerprint density at radius 1 is 1.29 bits per heavy atom. The predicted octanol–water partition coefficient (Wildman–Crippen LogP) is 4.87. The minimum absolute atomic E-state index is 0.264. The zero-order valence-corrected chi connectivity index (χ0v) is 13.9. The van der Waals surface area contributed by atoms with Crippen molar-refractivity contribution in [3.63, 3.8) is 0 Å². The van der Waals surface area contributed by atoms with Gasteiger partial charge in [-0.3, -0.25) is 0 Å². The van der Waals surface area contributed by atoms with Crippen LogP contribution in [0.4, 0.5) is 4.79 Å². The summed E-state index contributed by atoms with van der Waals surface area (Å²) in [5.41, 5.74) is 5.29. The Hall–Kier alpha value is -2.71. The van der Waals surface area contributed by atoms with Crippen LogP contribution in [0.15, 0.2) is 52.3 Å². The summed E-state index contributed by atoms with van der Waals surface area (Å²) in [6.45, 7) is 1.93. The molecule has 1 heterocycles. The number of methoxy groups -OCH3 is 1. The van der Waals surface area contributed by atoms with Crippen molar-refractivity contribution in [1.82, 2.24) is 0 Å². The van der Waals surface area contributed by atoms with E-state index < -0.39 is 6.16 Å². The van der Waals surface area contributed by atoms with Crippen LogP contribution in [0.25, 0.3) is 6.08 Å². The highest BCUT2D eigenvalue weighted by Gasteiger charge is 2.29. The second kappa shape index (κ2) is 7.24. The van der Waals surface area contributed by atoms with Gasteiger partial charge >= 0.3 is 6.16 Å². The van der Waals surface area contributed by atoms with Crippen LogP contribution in [0.1, 0.15) is 35.5 Å². The third-order valence-electron chi connectivity index (χ3n) is 3.89. The van der Waals surface area contributed by atoms with Gasteiger partial charge in [0.15, 0.2) is 5.76 Å². The molecule has 0 saturated heterocycles. The monoisotopic (exact) mass is 324 g/mol. The maximum Gasteiger partial charge on any atom is 0.513 e. The van der Waals surface area contributed by atoms with Gasteiger partial charge in [-0.05, 0) is 49.1 Å². The van der Waals surface area contributed by atoms with Crippen molar-refractivity contribution >= 4 is 12.2 Å². The molecule has 0 spiro atoms. The van der Waals surface area contributed by atoms with Gasteiger partial charge in [-0.15, -0.1) is 0 Å². The van der Waals surface area contributed by atoms with Crippen LogP contribution < -0.4 is 0 Å².